The second kappa shape index (κ2) is 5.83. The minimum atomic E-state index is -0.367. The molecule has 6 nitrogen and oxygen atoms in total. The van der Waals surface area contributed by atoms with Gasteiger partial charge in [0.05, 0.1) is 23.5 Å². The minimum Gasteiger partial charge on any atom is -0.328 e. The van der Waals surface area contributed by atoms with Gasteiger partial charge in [0.1, 0.15) is 0 Å². The molecule has 0 saturated carbocycles. The third-order valence-corrected chi connectivity index (χ3v) is 3.33. The number of para-hydroxylation sites is 1. The summed E-state index contributed by atoms with van der Waals surface area (Å²) in [6, 6.07) is 6.58. The highest BCUT2D eigenvalue weighted by molar-refractivity contribution is 5.40. The molecule has 1 heterocycles. The van der Waals surface area contributed by atoms with Crippen LogP contribution in [0.1, 0.15) is 31.1 Å². The van der Waals surface area contributed by atoms with Gasteiger partial charge in [-0.05, 0) is 5.92 Å². The molecule has 0 bridgehead atoms. The predicted molar refractivity (Wildman–Crippen MR) is 76.2 cm³/mol. The Balaban J connectivity index is 2.32. The quantitative estimate of drug-likeness (QED) is 0.670. The third kappa shape index (κ3) is 2.85. The summed E-state index contributed by atoms with van der Waals surface area (Å²) in [7, 11) is 0. The molecule has 0 spiro atoms. The van der Waals surface area contributed by atoms with Gasteiger partial charge in [-0.3, -0.25) is 10.1 Å². The lowest BCUT2D eigenvalue weighted by atomic mass is 10.0. The fourth-order valence-electron chi connectivity index (χ4n) is 2.09. The van der Waals surface area contributed by atoms with Gasteiger partial charge in [0.25, 0.3) is 5.69 Å². The van der Waals surface area contributed by atoms with Gasteiger partial charge in [-0.2, -0.15) is 0 Å². The number of aromatic nitrogens is 2. The molecule has 1 aromatic carbocycles. The number of nitro benzene ring substituents is 1. The van der Waals surface area contributed by atoms with E-state index < -0.39 is 0 Å². The number of nitrogens with two attached hydrogens (primary N) is 1. The third-order valence-electron chi connectivity index (χ3n) is 3.33. The van der Waals surface area contributed by atoms with Crippen molar-refractivity contribution in [3.8, 4) is 0 Å². The predicted octanol–water partition coefficient (Wildman–Crippen LogP) is 2.50. The fourth-order valence-corrected chi connectivity index (χ4v) is 2.09. The summed E-state index contributed by atoms with van der Waals surface area (Å²) in [4.78, 5) is 14.8. The number of imidazole rings is 1. The van der Waals surface area contributed by atoms with E-state index in [-0.39, 0.29) is 22.6 Å². The maximum Gasteiger partial charge on any atom is 0.274 e. The molecule has 2 aromatic rings. The van der Waals surface area contributed by atoms with Crippen molar-refractivity contribution in [2.24, 2.45) is 11.7 Å². The van der Waals surface area contributed by atoms with Crippen molar-refractivity contribution >= 4 is 5.69 Å². The Labute approximate surface area is 117 Å². The van der Waals surface area contributed by atoms with Gasteiger partial charge in [0.2, 0.25) is 0 Å². The van der Waals surface area contributed by atoms with Crippen LogP contribution in [0.5, 0.6) is 0 Å². The summed E-state index contributed by atoms with van der Waals surface area (Å²) in [5, 5.41) is 11.0. The largest absolute Gasteiger partial charge is 0.328 e. The number of nitrogens with zero attached hydrogens (tertiary/aromatic N) is 3. The topological polar surface area (TPSA) is 87.0 Å². The van der Waals surface area contributed by atoms with Crippen molar-refractivity contribution < 1.29 is 4.92 Å². The molecule has 1 atom stereocenters. The van der Waals surface area contributed by atoms with Crippen LogP contribution < -0.4 is 5.73 Å². The molecule has 0 fully saturated rings. The molecule has 20 heavy (non-hydrogen) atoms. The summed E-state index contributed by atoms with van der Waals surface area (Å²) in [5.41, 5.74) is 7.79. The van der Waals surface area contributed by atoms with E-state index in [0.717, 1.165) is 5.69 Å². The lowest BCUT2D eigenvalue weighted by molar-refractivity contribution is -0.385. The molecule has 1 unspecified atom stereocenters. The van der Waals surface area contributed by atoms with Gasteiger partial charge < -0.3 is 10.3 Å². The van der Waals surface area contributed by atoms with Crippen molar-refractivity contribution in [2.45, 2.75) is 26.4 Å². The Kier molecular flexibility index (Phi) is 4.14. The zero-order valence-corrected chi connectivity index (χ0v) is 11.6. The molecule has 6 heteroatoms. The first-order valence-electron chi connectivity index (χ1n) is 6.48. The molecule has 106 valence electrons. The fraction of sp³-hybridized carbons (Fsp3) is 0.357. The zero-order valence-electron chi connectivity index (χ0n) is 11.6. The number of hydrogen-bond donors (Lipinski definition) is 1. The first kappa shape index (κ1) is 14.2. The van der Waals surface area contributed by atoms with Crippen molar-refractivity contribution in [1.29, 1.82) is 0 Å². The maximum atomic E-state index is 11.0. The molecule has 0 aliphatic carbocycles. The highest BCUT2D eigenvalue weighted by Crippen LogP contribution is 2.23. The molecule has 2 N–H and O–H groups in total. The zero-order chi connectivity index (χ0) is 14.7. The van der Waals surface area contributed by atoms with Crippen LogP contribution in [0.4, 0.5) is 5.69 Å². The van der Waals surface area contributed by atoms with Crippen molar-refractivity contribution in [1.82, 2.24) is 9.55 Å². The normalized spacial score (nSPS) is 12.6. The van der Waals surface area contributed by atoms with E-state index >= 15 is 0 Å². The molecule has 2 rings (SSSR count). The van der Waals surface area contributed by atoms with Gasteiger partial charge in [-0.1, -0.05) is 32.0 Å². The SMILES string of the molecule is CC(C)C(N)c1cncn1Cc1ccccc1[N+](=O)[O-]. The molecule has 0 aliphatic heterocycles. The summed E-state index contributed by atoms with van der Waals surface area (Å²) in [5.74, 6) is 0.274. The highest BCUT2D eigenvalue weighted by Gasteiger charge is 2.18. The van der Waals surface area contributed by atoms with Crippen LogP contribution in [0.25, 0.3) is 0 Å². The van der Waals surface area contributed by atoms with Crippen LogP contribution in [-0.4, -0.2) is 14.5 Å². The minimum absolute atomic E-state index is 0.116. The van der Waals surface area contributed by atoms with Crippen molar-refractivity contribution in [2.75, 3.05) is 0 Å². The van der Waals surface area contributed by atoms with E-state index in [4.69, 9.17) is 5.73 Å². The Hall–Kier alpha value is -2.21. The second-order valence-electron chi connectivity index (χ2n) is 5.10. The molecule has 0 saturated heterocycles. The van der Waals surface area contributed by atoms with E-state index in [9.17, 15) is 10.1 Å². The summed E-state index contributed by atoms with van der Waals surface area (Å²) in [6.45, 7) is 4.47. The average Bonchev–Trinajstić information content (AvgIpc) is 2.86. The molecule has 1 aromatic heterocycles. The molecular formula is C14H18N4O2. The van der Waals surface area contributed by atoms with Crippen molar-refractivity contribution in [3.63, 3.8) is 0 Å². The molecular weight excluding hydrogens is 256 g/mol. The van der Waals surface area contributed by atoms with Crippen LogP contribution in [0.15, 0.2) is 36.8 Å². The number of benzene rings is 1. The van der Waals surface area contributed by atoms with Gasteiger partial charge in [0, 0.05) is 23.9 Å². The Morgan fingerprint density at radius 1 is 1.40 bits per heavy atom. The summed E-state index contributed by atoms with van der Waals surface area (Å²) >= 11 is 0. The van der Waals surface area contributed by atoms with Gasteiger partial charge in [0.15, 0.2) is 0 Å². The second-order valence-corrected chi connectivity index (χ2v) is 5.10. The Bertz CT molecular complexity index is 607. The smallest absolute Gasteiger partial charge is 0.274 e. The standard InChI is InChI=1S/C14H18N4O2/c1-10(2)14(15)13-7-16-9-17(13)8-11-5-3-4-6-12(11)18(19)20/h3-7,9-10,14H,8,15H2,1-2H3. The van der Waals surface area contributed by atoms with E-state index in [0.29, 0.717) is 12.1 Å². The molecule has 0 amide bonds. The van der Waals surface area contributed by atoms with Crippen LogP contribution in [0.2, 0.25) is 0 Å². The van der Waals surface area contributed by atoms with Gasteiger partial charge >= 0.3 is 0 Å². The van der Waals surface area contributed by atoms with Crippen LogP contribution in [-0.2, 0) is 6.54 Å². The summed E-state index contributed by atoms with van der Waals surface area (Å²) < 4.78 is 1.87. The molecule has 0 aliphatic rings. The van der Waals surface area contributed by atoms with Crippen LogP contribution >= 0.6 is 0 Å². The lowest BCUT2D eigenvalue weighted by Gasteiger charge is -2.17. The van der Waals surface area contributed by atoms with Gasteiger partial charge in [-0.15, -0.1) is 0 Å². The lowest BCUT2D eigenvalue weighted by Crippen LogP contribution is -2.20. The highest BCUT2D eigenvalue weighted by atomic mass is 16.6. The van der Waals surface area contributed by atoms with E-state index in [1.807, 2.05) is 18.4 Å². The number of rotatable bonds is 5. The summed E-state index contributed by atoms with van der Waals surface area (Å²) in [6.07, 6.45) is 3.38. The van der Waals surface area contributed by atoms with Crippen LogP contribution in [0.3, 0.4) is 0 Å². The van der Waals surface area contributed by atoms with Gasteiger partial charge in [-0.25, -0.2) is 4.98 Å². The Morgan fingerprint density at radius 2 is 2.10 bits per heavy atom. The number of hydrogen-bond acceptors (Lipinski definition) is 4. The van der Waals surface area contributed by atoms with E-state index in [2.05, 4.69) is 4.98 Å². The van der Waals surface area contributed by atoms with E-state index in [1.54, 1.807) is 30.7 Å². The Morgan fingerprint density at radius 3 is 2.75 bits per heavy atom. The van der Waals surface area contributed by atoms with E-state index in [1.165, 1.54) is 6.07 Å². The number of nitro groups is 1. The first-order valence-corrected chi connectivity index (χ1v) is 6.48. The maximum absolute atomic E-state index is 11.0. The molecule has 0 radical (unpaired) electrons. The first-order chi connectivity index (χ1) is 9.50. The monoisotopic (exact) mass is 274 g/mol. The average molecular weight is 274 g/mol. The van der Waals surface area contributed by atoms with Crippen molar-refractivity contribution in [3.05, 3.63) is 58.2 Å². The van der Waals surface area contributed by atoms with Crippen LogP contribution in [0, 0.1) is 16.0 Å².